The minimum Gasteiger partial charge on any atom is -0.481 e. The van der Waals surface area contributed by atoms with Gasteiger partial charge in [-0.15, -0.1) is 11.3 Å². The van der Waals surface area contributed by atoms with Crippen molar-refractivity contribution >= 4 is 29.1 Å². The smallest absolute Gasteiger partial charge is 0.308 e. The highest BCUT2D eigenvalue weighted by molar-refractivity contribution is 8.01. The summed E-state index contributed by atoms with van der Waals surface area (Å²) in [5, 5.41) is 9.49. The van der Waals surface area contributed by atoms with E-state index in [4.69, 9.17) is 5.11 Å². The van der Waals surface area contributed by atoms with Crippen LogP contribution in [-0.2, 0) is 11.2 Å². The van der Waals surface area contributed by atoms with Gasteiger partial charge in [0, 0.05) is 10.1 Å². The van der Waals surface area contributed by atoms with Crippen LogP contribution in [0.15, 0.2) is 4.34 Å². The molecule has 1 saturated carbocycles. The summed E-state index contributed by atoms with van der Waals surface area (Å²) in [6.45, 7) is 4.22. The van der Waals surface area contributed by atoms with E-state index in [-0.39, 0.29) is 6.42 Å². The minimum atomic E-state index is -0.774. The Hall–Kier alpha value is -0.550. The Balaban J connectivity index is 1.98. The fourth-order valence-corrected chi connectivity index (χ4v) is 5.25. The second-order valence-corrected chi connectivity index (χ2v) is 7.70. The molecule has 1 aromatic heterocycles. The lowest BCUT2D eigenvalue weighted by atomic mass is 9.91. The first kappa shape index (κ1) is 13.9. The zero-order chi connectivity index (χ0) is 13.1. The molecule has 0 spiro atoms. The third-order valence-corrected chi connectivity index (χ3v) is 5.89. The number of nitrogens with zero attached hydrogens (tertiary/aromatic N) is 1. The summed E-state index contributed by atoms with van der Waals surface area (Å²) < 4.78 is 1.04. The van der Waals surface area contributed by atoms with E-state index >= 15 is 0 Å². The van der Waals surface area contributed by atoms with Gasteiger partial charge in [0.05, 0.1) is 12.1 Å². The Bertz CT molecular complexity index is 431. The summed E-state index contributed by atoms with van der Waals surface area (Å²) in [5.74, 6) is 0.0420. The van der Waals surface area contributed by atoms with Gasteiger partial charge >= 0.3 is 5.97 Å². The van der Waals surface area contributed by atoms with E-state index in [0.717, 1.165) is 20.8 Å². The highest BCUT2D eigenvalue weighted by atomic mass is 32.2. The summed E-state index contributed by atoms with van der Waals surface area (Å²) in [7, 11) is 0. The standard InChI is InChI=1S/C13H19NO2S2/c1-8-4-3-5-10(6-8)17-13-14-9(2)11(18-13)7-12(15)16/h8,10H,3-7H2,1-2H3,(H,15,16). The van der Waals surface area contributed by atoms with Crippen LogP contribution in [0.5, 0.6) is 0 Å². The molecule has 18 heavy (non-hydrogen) atoms. The van der Waals surface area contributed by atoms with Crippen molar-refractivity contribution in [1.29, 1.82) is 0 Å². The van der Waals surface area contributed by atoms with Gasteiger partial charge in [0.15, 0.2) is 4.34 Å². The van der Waals surface area contributed by atoms with E-state index in [0.29, 0.717) is 5.25 Å². The maximum Gasteiger partial charge on any atom is 0.308 e. The highest BCUT2D eigenvalue weighted by Crippen LogP contribution is 2.38. The average Bonchev–Trinajstić information content (AvgIpc) is 2.58. The van der Waals surface area contributed by atoms with Gasteiger partial charge in [-0.2, -0.15) is 0 Å². The zero-order valence-electron chi connectivity index (χ0n) is 10.8. The van der Waals surface area contributed by atoms with Crippen molar-refractivity contribution < 1.29 is 9.90 Å². The van der Waals surface area contributed by atoms with Crippen LogP contribution in [0.1, 0.15) is 43.2 Å². The molecule has 1 N–H and O–H groups in total. The van der Waals surface area contributed by atoms with Crippen LogP contribution in [0.3, 0.4) is 0 Å². The van der Waals surface area contributed by atoms with Crippen LogP contribution in [0.25, 0.3) is 0 Å². The number of hydrogen-bond donors (Lipinski definition) is 1. The molecule has 0 amide bonds. The molecular weight excluding hydrogens is 266 g/mol. The third-order valence-electron chi connectivity index (χ3n) is 3.34. The summed E-state index contributed by atoms with van der Waals surface area (Å²) >= 11 is 3.40. The van der Waals surface area contributed by atoms with Crippen LogP contribution in [0.4, 0.5) is 0 Å². The molecule has 1 fully saturated rings. The SMILES string of the molecule is Cc1nc(SC2CCCC(C)C2)sc1CC(=O)O. The summed E-state index contributed by atoms with van der Waals surface area (Å²) in [4.78, 5) is 16.1. The monoisotopic (exact) mass is 285 g/mol. The van der Waals surface area contributed by atoms with Crippen molar-refractivity contribution in [2.24, 2.45) is 5.92 Å². The molecule has 1 aliphatic rings. The number of carboxylic acids is 1. The summed E-state index contributed by atoms with van der Waals surface area (Å²) in [6, 6.07) is 0. The van der Waals surface area contributed by atoms with Crippen molar-refractivity contribution in [3.05, 3.63) is 10.6 Å². The predicted octanol–water partition coefficient (Wildman–Crippen LogP) is 3.75. The Labute approximate surface area is 116 Å². The van der Waals surface area contributed by atoms with Gasteiger partial charge in [-0.25, -0.2) is 4.98 Å². The van der Waals surface area contributed by atoms with Gasteiger partial charge in [0.2, 0.25) is 0 Å². The first-order chi connectivity index (χ1) is 8.54. The van der Waals surface area contributed by atoms with Crippen molar-refractivity contribution in [2.75, 3.05) is 0 Å². The van der Waals surface area contributed by atoms with Gasteiger partial charge in [-0.05, 0) is 25.7 Å². The van der Waals surface area contributed by atoms with Gasteiger partial charge in [-0.3, -0.25) is 4.79 Å². The van der Waals surface area contributed by atoms with Gasteiger partial charge in [-0.1, -0.05) is 31.5 Å². The maximum absolute atomic E-state index is 10.7. The van der Waals surface area contributed by atoms with E-state index in [1.165, 1.54) is 25.7 Å². The second kappa shape index (κ2) is 6.06. The molecule has 1 aromatic rings. The van der Waals surface area contributed by atoms with E-state index in [9.17, 15) is 4.79 Å². The molecule has 100 valence electrons. The number of carbonyl (C=O) groups is 1. The van der Waals surface area contributed by atoms with Crippen molar-refractivity contribution in [3.8, 4) is 0 Å². The first-order valence-corrected chi connectivity index (χ1v) is 8.09. The largest absolute Gasteiger partial charge is 0.481 e. The Morgan fingerprint density at radius 1 is 1.56 bits per heavy atom. The van der Waals surface area contributed by atoms with Crippen molar-refractivity contribution in [2.45, 2.75) is 55.5 Å². The van der Waals surface area contributed by atoms with Crippen LogP contribution < -0.4 is 0 Å². The summed E-state index contributed by atoms with van der Waals surface area (Å²) in [6.07, 6.45) is 5.29. The molecular formula is C13H19NO2S2. The van der Waals surface area contributed by atoms with Crippen LogP contribution in [0.2, 0.25) is 0 Å². The van der Waals surface area contributed by atoms with Gasteiger partial charge in [0.25, 0.3) is 0 Å². The quantitative estimate of drug-likeness (QED) is 0.915. The lowest BCUT2D eigenvalue weighted by molar-refractivity contribution is -0.136. The Morgan fingerprint density at radius 2 is 2.33 bits per heavy atom. The van der Waals surface area contributed by atoms with E-state index in [1.807, 2.05) is 18.7 Å². The average molecular weight is 285 g/mol. The number of rotatable bonds is 4. The zero-order valence-corrected chi connectivity index (χ0v) is 12.4. The van der Waals surface area contributed by atoms with Crippen LogP contribution in [0, 0.1) is 12.8 Å². The first-order valence-electron chi connectivity index (χ1n) is 6.39. The number of thiazole rings is 1. The molecule has 2 atom stereocenters. The number of thioether (sulfide) groups is 1. The molecule has 2 unspecified atom stereocenters. The molecule has 0 bridgehead atoms. The van der Waals surface area contributed by atoms with E-state index in [1.54, 1.807) is 11.3 Å². The fourth-order valence-electron chi connectivity index (χ4n) is 2.38. The Kier molecular flexibility index (Phi) is 4.67. The number of aliphatic carboxylic acids is 1. The lowest BCUT2D eigenvalue weighted by Gasteiger charge is -2.25. The molecule has 2 rings (SSSR count). The molecule has 0 saturated heterocycles. The molecule has 0 aromatic carbocycles. The third kappa shape index (κ3) is 3.72. The molecule has 3 nitrogen and oxygen atoms in total. The molecule has 0 aliphatic heterocycles. The van der Waals surface area contributed by atoms with E-state index < -0.39 is 5.97 Å². The van der Waals surface area contributed by atoms with Gasteiger partial charge in [0.1, 0.15) is 0 Å². The lowest BCUT2D eigenvalue weighted by Crippen LogP contribution is -2.14. The molecule has 1 heterocycles. The normalized spacial score (nSPS) is 24.1. The maximum atomic E-state index is 10.7. The van der Waals surface area contributed by atoms with Crippen molar-refractivity contribution in [1.82, 2.24) is 4.98 Å². The van der Waals surface area contributed by atoms with Crippen LogP contribution >= 0.6 is 23.1 Å². The second-order valence-electron chi connectivity index (χ2n) is 5.07. The molecule has 0 radical (unpaired) electrons. The fraction of sp³-hybridized carbons (Fsp3) is 0.692. The molecule has 1 aliphatic carbocycles. The highest BCUT2D eigenvalue weighted by Gasteiger charge is 2.21. The topological polar surface area (TPSA) is 50.2 Å². The van der Waals surface area contributed by atoms with E-state index in [2.05, 4.69) is 11.9 Å². The summed E-state index contributed by atoms with van der Waals surface area (Å²) in [5.41, 5.74) is 0.883. The number of aryl methyl sites for hydroxylation is 1. The number of carboxylic acid groups (broad SMARTS) is 1. The number of aromatic nitrogens is 1. The number of hydrogen-bond acceptors (Lipinski definition) is 4. The van der Waals surface area contributed by atoms with Gasteiger partial charge < -0.3 is 5.11 Å². The predicted molar refractivity (Wildman–Crippen MR) is 75.5 cm³/mol. The molecule has 5 heteroatoms. The van der Waals surface area contributed by atoms with Crippen molar-refractivity contribution in [3.63, 3.8) is 0 Å². The van der Waals surface area contributed by atoms with Crippen LogP contribution in [-0.4, -0.2) is 21.3 Å². The minimum absolute atomic E-state index is 0.102. The Morgan fingerprint density at radius 3 is 3.00 bits per heavy atom.